The zero-order valence-corrected chi connectivity index (χ0v) is 9.83. The Balaban J connectivity index is 2.92. The first-order valence-corrected chi connectivity index (χ1v) is 5.55. The van der Waals surface area contributed by atoms with Crippen LogP contribution in [-0.4, -0.2) is 0 Å². The molecular weight excluding hydrogens is 192 g/mol. The summed E-state index contributed by atoms with van der Waals surface area (Å²) in [5.41, 5.74) is 3.78. The quantitative estimate of drug-likeness (QED) is 0.663. The molecular formula is C16H16. The number of fused-ring (bicyclic) bond motifs is 1. The summed E-state index contributed by atoms with van der Waals surface area (Å²) in [4.78, 5) is 0. The Kier molecular flexibility index (Phi) is 2.91. The third-order valence-corrected chi connectivity index (χ3v) is 2.88. The number of benzene rings is 2. The van der Waals surface area contributed by atoms with E-state index in [1.54, 1.807) is 0 Å². The fourth-order valence-corrected chi connectivity index (χ4v) is 2.15. The Hall–Kier alpha value is -1.82. The molecule has 0 heterocycles. The molecule has 0 radical (unpaired) electrons. The van der Waals surface area contributed by atoms with E-state index in [0.717, 1.165) is 0 Å². The van der Waals surface area contributed by atoms with Crippen molar-refractivity contribution in [1.82, 2.24) is 0 Å². The van der Waals surface area contributed by atoms with Crippen molar-refractivity contribution < 1.29 is 0 Å². The molecule has 0 spiro atoms. The Morgan fingerprint density at radius 3 is 2.56 bits per heavy atom. The minimum absolute atomic E-state index is 1.23. The largest absolute Gasteiger partial charge is 0.0984 e. The van der Waals surface area contributed by atoms with E-state index in [1.807, 2.05) is 13.0 Å². The molecule has 0 fully saturated rings. The molecule has 0 heteroatoms. The van der Waals surface area contributed by atoms with Crippen LogP contribution in [0.4, 0.5) is 0 Å². The van der Waals surface area contributed by atoms with E-state index in [9.17, 15) is 0 Å². The molecule has 2 aromatic carbocycles. The standard InChI is InChI=1S/C16H16/c1-4-8-16-14(5-2)12(3)11-13-9-6-7-10-15(13)16/h4-11H,2H2,1,3H3/b8-4-. The summed E-state index contributed by atoms with van der Waals surface area (Å²) in [5.74, 6) is 0. The number of hydrogen-bond donors (Lipinski definition) is 0. The summed E-state index contributed by atoms with van der Waals surface area (Å²) in [5, 5.41) is 2.58. The maximum Gasteiger partial charge on any atom is -0.0105 e. The van der Waals surface area contributed by atoms with Crippen LogP contribution in [0.15, 0.2) is 43.0 Å². The summed E-state index contributed by atoms with van der Waals surface area (Å²) in [6.07, 6.45) is 6.18. The van der Waals surface area contributed by atoms with Gasteiger partial charge in [-0.3, -0.25) is 0 Å². The van der Waals surface area contributed by atoms with E-state index >= 15 is 0 Å². The summed E-state index contributed by atoms with van der Waals surface area (Å²) in [6.45, 7) is 8.09. The van der Waals surface area contributed by atoms with E-state index in [1.165, 1.54) is 27.5 Å². The highest BCUT2D eigenvalue weighted by Crippen LogP contribution is 2.27. The first kappa shape index (κ1) is 10.7. The summed E-state index contributed by atoms with van der Waals surface area (Å²) < 4.78 is 0. The van der Waals surface area contributed by atoms with Crippen molar-refractivity contribution in [3.63, 3.8) is 0 Å². The van der Waals surface area contributed by atoms with Crippen molar-refractivity contribution in [3.05, 3.63) is 59.7 Å². The van der Waals surface area contributed by atoms with Crippen LogP contribution in [0.25, 0.3) is 22.9 Å². The maximum atomic E-state index is 3.91. The van der Waals surface area contributed by atoms with Gasteiger partial charge in [0.15, 0.2) is 0 Å². The average Bonchev–Trinajstić information content (AvgIpc) is 2.29. The lowest BCUT2D eigenvalue weighted by molar-refractivity contribution is 1.46. The molecule has 0 bridgehead atoms. The lowest BCUT2D eigenvalue weighted by atomic mass is 9.94. The molecule has 0 N–H and O–H groups in total. The normalized spacial score (nSPS) is 11.1. The van der Waals surface area contributed by atoms with Crippen molar-refractivity contribution >= 4 is 22.9 Å². The van der Waals surface area contributed by atoms with E-state index in [4.69, 9.17) is 0 Å². The molecule has 0 saturated heterocycles. The minimum Gasteiger partial charge on any atom is -0.0984 e. The molecule has 0 aliphatic carbocycles. The topological polar surface area (TPSA) is 0 Å². The van der Waals surface area contributed by atoms with Gasteiger partial charge in [-0.1, -0.05) is 55.1 Å². The van der Waals surface area contributed by atoms with Crippen molar-refractivity contribution in [2.24, 2.45) is 0 Å². The molecule has 0 aromatic heterocycles. The van der Waals surface area contributed by atoms with Gasteiger partial charge in [-0.05, 0) is 41.3 Å². The fourth-order valence-electron chi connectivity index (χ4n) is 2.15. The molecule has 0 aliphatic rings. The van der Waals surface area contributed by atoms with Crippen LogP contribution < -0.4 is 0 Å². The highest BCUT2D eigenvalue weighted by atomic mass is 14.1. The maximum absolute atomic E-state index is 3.91. The van der Waals surface area contributed by atoms with Crippen molar-refractivity contribution in [1.29, 1.82) is 0 Å². The van der Waals surface area contributed by atoms with Gasteiger partial charge in [0.25, 0.3) is 0 Å². The number of hydrogen-bond acceptors (Lipinski definition) is 0. The number of aryl methyl sites for hydroxylation is 1. The SMILES string of the molecule is C=Cc1c(C)cc2ccccc2c1/C=C\C. The Labute approximate surface area is 96.9 Å². The van der Waals surface area contributed by atoms with Crippen LogP contribution in [0.1, 0.15) is 23.6 Å². The lowest BCUT2D eigenvalue weighted by Gasteiger charge is -2.10. The predicted molar refractivity (Wildman–Crippen MR) is 73.5 cm³/mol. The van der Waals surface area contributed by atoms with E-state index in [2.05, 4.69) is 56.0 Å². The summed E-state index contributed by atoms with van der Waals surface area (Å²) >= 11 is 0. The Morgan fingerprint density at radius 1 is 1.12 bits per heavy atom. The van der Waals surface area contributed by atoms with Gasteiger partial charge in [0.05, 0.1) is 0 Å². The third-order valence-electron chi connectivity index (χ3n) is 2.88. The molecule has 0 saturated carbocycles. The summed E-state index contributed by atoms with van der Waals surface area (Å²) in [7, 11) is 0. The first-order chi connectivity index (χ1) is 7.77. The Bertz CT molecular complexity index is 560. The highest BCUT2D eigenvalue weighted by Gasteiger charge is 2.05. The van der Waals surface area contributed by atoms with Gasteiger partial charge >= 0.3 is 0 Å². The van der Waals surface area contributed by atoms with E-state index in [0.29, 0.717) is 0 Å². The van der Waals surface area contributed by atoms with Crippen molar-refractivity contribution in [2.45, 2.75) is 13.8 Å². The zero-order chi connectivity index (χ0) is 11.5. The second-order valence-corrected chi connectivity index (χ2v) is 3.95. The Morgan fingerprint density at radius 2 is 1.88 bits per heavy atom. The van der Waals surface area contributed by atoms with Gasteiger partial charge in [0.1, 0.15) is 0 Å². The van der Waals surface area contributed by atoms with Gasteiger partial charge in [0.2, 0.25) is 0 Å². The van der Waals surface area contributed by atoms with E-state index in [-0.39, 0.29) is 0 Å². The third kappa shape index (κ3) is 1.67. The smallest absolute Gasteiger partial charge is 0.0105 e. The molecule has 0 nitrogen and oxygen atoms in total. The van der Waals surface area contributed by atoms with Crippen LogP contribution in [0.5, 0.6) is 0 Å². The molecule has 2 aromatic rings. The fraction of sp³-hybridized carbons (Fsp3) is 0.125. The summed E-state index contributed by atoms with van der Waals surface area (Å²) in [6, 6.07) is 10.7. The minimum atomic E-state index is 1.23. The monoisotopic (exact) mass is 208 g/mol. The second-order valence-electron chi connectivity index (χ2n) is 3.95. The van der Waals surface area contributed by atoms with Gasteiger partial charge in [0, 0.05) is 0 Å². The molecule has 0 amide bonds. The van der Waals surface area contributed by atoms with Crippen molar-refractivity contribution in [2.75, 3.05) is 0 Å². The molecule has 0 aliphatic heterocycles. The first-order valence-electron chi connectivity index (χ1n) is 5.55. The average molecular weight is 208 g/mol. The van der Waals surface area contributed by atoms with Gasteiger partial charge in [-0.2, -0.15) is 0 Å². The highest BCUT2D eigenvalue weighted by molar-refractivity contribution is 5.95. The number of rotatable bonds is 2. The molecule has 0 atom stereocenters. The predicted octanol–water partition coefficient (Wildman–Crippen LogP) is 4.82. The van der Waals surface area contributed by atoms with Gasteiger partial charge in [-0.15, -0.1) is 0 Å². The van der Waals surface area contributed by atoms with Crippen LogP contribution in [0.3, 0.4) is 0 Å². The molecule has 80 valence electrons. The lowest BCUT2D eigenvalue weighted by Crippen LogP contribution is -1.88. The molecule has 16 heavy (non-hydrogen) atoms. The number of allylic oxidation sites excluding steroid dienone is 1. The molecule has 2 rings (SSSR count). The van der Waals surface area contributed by atoms with Crippen LogP contribution >= 0.6 is 0 Å². The zero-order valence-electron chi connectivity index (χ0n) is 9.83. The van der Waals surface area contributed by atoms with Gasteiger partial charge < -0.3 is 0 Å². The van der Waals surface area contributed by atoms with Crippen LogP contribution in [0.2, 0.25) is 0 Å². The van der Waals surface area contributed by atoms with Gasteiger partial charge in [-0.25, -0.2) is 0 Å². The van der Waals surface area contributed by atoms with E-state index < -0.39 is 0 Å². The van der Waals surface area contributed by atoms with Crippen LogP contribution in [0, 0.1) is 6.92 Å². The molecule has 0 unspecified atom stereocenters. The van der Waals surface area contributed by atoms with Crippen molar-refractivity contribution in [3.8, 4) is 0 Å². The van der Waals surface area contributed by atoms with Crippen LogP contribution in [-0.2, 0) is 0 Å². The second kappa shape index (κ2) is 4.36.